The molecular weight excluding hydrogens is 310 g/mol. The van der Waals surface area contributed by atoms with Gasteiger partial charge >= 0.3 is 5.97 Å². The Kier molecular flexibility index (Phi) is 6.63. The number of piperidine rings is 1. The van der Waals surface area contributed by atoms with Crippen LogP contribution in [0.3, 0.4) is 0 Å². The van der Waals surface area contributed by atoms with Crippen LogP contribution in [0.15, 0.2) is 60.7 Å². The normalized spacial score (nSPS) is 15.7. The summed E-state index contributed by atoms with van der Waals surface area (Å²) >= 11 is 0. The number of carbonyl (C=O) groups excluding carboxylic acids is 1. The number of halogens is 1. The SMILES string of the molecule is Cl.O=C(OC1CCN(Cc2ccccc2)CC1)c1ccccc1. The van der Waals surface area contributed by atoms with Crippen LogP contribution in [0.1, 0.15) is 28.8 Å². The number of hydrogen-bond donors (Lipinski definition) is 0. The minimum atomic E-state index is -0.206. The molecule has 2 aromatic carbocycles. The van der Waals surface area contributed by atoms with Gasteiger partial charge in [0.2, 0.25) is 0 Å². The maximum atomic E-state index is 12.0. The van der Waals surface area contributed by atoms with E-state index in [4.69, 9.17) is 4.74 Å². The summed E-state index contributed by atoms with van der Waals surface area (Å²) in [6.07, 6.45) is 1.86. The number of ether oxygens (including phenoxy) is 1. The largest absolute Gasteiger partial charge is 0.459 e. The van der Waals surface area contributed by atoms with Crippen molar-refractivity contribution in [3.8, 4) is 0 Å². The summed E-state index contributed by atoms with van der Waals surface area (Å²) in [6.45, 7) is 2.92. The summed E-state index contributed by atoms with van der Waals surface area (Å²) < 4.78 is 5.61. The second-order valence-electron chi connectivity index (χ2n) is 5.73. The molecule has 0 bridgehead atoms. The fourth-order valence-corrected chi connectivity index (χ4v) is 2.82. The molecule has 0 radical (unpaired) electrons. The van der Waals surface area contributed by atoms with Crippen molar-refractivity contribution in [1.29, 1.82) is 0 Å². The molecule has 0 saturated carbocycles. The molecule has 2 aromatic rings. The van der Waals surface area contributed by atoms with E-state index in [1.54, 1.807) is 12.1 Å². The molecule has 0 spiro atoms. The summed E-state index contributed by atoms with van der Waals surface area (Å²) in [7, 11) is 0. The van der Waals surface area contributed by atoms with Crippen LogP contribution >= 0.6 is 12.4 Å². The first kappa shape index (κ1) is 17.5. The van der Waals surface area contributed by atoms with Crippen LogP contribution in [0.5, 0.6) is 0 Å². The predicted molar refractivity (Wildman–Crippen MR) is 93.8 cm³/mol. The highest BCUT2D eigenvalue weighted by atomic mass is 35.5. The molecule has 3 nitrogen and oxygen atoms in total. The summed E-state index contributed by atoms with van der Waals surface area (Å²) in [5, 5.41) is 0. The number of hydrogen-bond acceptors (Lipinski definition) is 3. The lowest BCUT2D eigenvalue weighted by atomic mass is 10.1. The molecule has 0 aliphatic carbocycles. The Morgan fingerprint density at radius 3 is 2.13 bits per heavy atom. The zero-order valence-electron chi connectivity index (χ0n) is 13.1. The van der Waals surface area contributed by atoms with Gasteiger partial charge in [-0.15, -0.1) is 12.4 Å². The van der Waals surface area contributed by atoms with Gasteiger partial charge in [0, 0.05) is 19.6 Å². The maximum absolute atomic E-state index is 12.0. The minimum absolute atomic E-state index is 0. The van der Waals surface area contributed by atoms with E-state index >= 15 is 0 Å². The highest BCUT2D eigenvalue weighted by Gasteiger charge is 2.22. The second kappa shape index (κ2) is 8.70. The van der Waals surface area contributed by atoms with Gasteiger partial charge in [0.1, 0.15) is 6.10 Å². The lowest BCUT2D eigenvalue weighted by Gasteiger charge is -2.31. The molecule has 1 aliphatic rings. The van der Waals surface area contributed by atoms with Crippen molar-refractivity contribution >= 4 is 18.4 Å². The molecule has 0 unspecified atom stereocenters. The van der Waals surface area contributed by atoms with Crippen LogP contribution in [0, 0.1) is 0 Å². The highest BCUT2D eigenvalue weighted by Crippen LogP contribution is 2.17. The molecule has 4 heteroatoms. The molecule has 0 aromatic heterocycles. The molecule has 1 aliphatic heterocycles. The van der Waals surface area contributed by atoms with Crippen molar-refractivity contribution in [2.45, 2.75) is 25.5 Å². The quantitative estimate of drug-likeness (QED) is 0.795. The number of rotatable bonds is 4. The van der Waals surface area contributed by atoms with Crippen LogP contribution in [-0.2, 0) is 11.3 Å². The Hall–Kier alpha value is -1.84. The third-order valence-electron chi connectivity index (χ3n) is 4.07. The van der Waals surface area contributed by atoms with Crippen LogP contribution in [0.25, 0.3) is 0 Å². The third-order valence-corrected chi connectivity index (χ3v) is 4.07. The smallest absolute Gasteiger partial charge is 0.338 e. The average molecular weight is 332 g/mol. The van der Waals surface area contributed by atoms with E-state index < -0.39 is 0 Å². The first-order chi connectivity index (χ1) is 10.8. The number of esters is 1. The number of benzene rings is 2. The van der Waals surface area contributed by atoms with Gasteiger partial charge in [-0.25, -0.2) is 4.79 Å². The molecule has 3 rings (SSSR count). The average Bonchev–Trinajstić information content (AvgIpc) is 2.58. The van der Waals surface area contributed by atoms with Gasteiger partial charge in [-0.1, -0.05) is 48.5 Å². The third kappa shape index (κ3) is 5.08. The summed E-state index contributed by atoms with van der Waals surface area (Å²) in [5.41, 5.74) is 1.97. The van der Waals surface area contributed by atoms with Gasteiger partial charge in [0.05, 0.1) is 5.56 Å². The van der Waals surface area contributed by atoms with Crippen molar-refractivity contribution in [3.63, 3.8) is 0 Å². The first-order valence-corrected chi connectivity index (χ1v) is 7.83. The van der Waals surface area contributed by atoms with Crippen LogP contribution in [0.2, 0.25) is 0 Å². The van der Waals surface area contributed by atoms with Gasteiger partial charge in [-0.3, -0.25) is 4.90 Å². The van der Waals surface area contributed by atoms with Gasteiger partial charge in [0.25, 0.3) is 0 Å². The van der Waals surface area contributed by atoms with Crippen LogP contribution in [0.4, 0.5) is 0 Å². The summed E-state index contributed by atoms with van der Waals surface area (Å²) in [4.78, 5) is 14.5. The Morgan fingerprint density at radius 2 is 1.52 bits per heavy atom. The molecule has 0 amide bonds. The zero-order valence-corrected chi connectivity index (χ0v) is 13.9. The molecule has 0 atom stereocenters. The van der Waals surface area contributed by atoms with Gasteiger partial charge in [-0.05, 0) is 30.5 Å². The van der Waals surface area contributed by atoms with Crippen LogP contribution < -0.4 is 0 Å². The van der Waals surface area contributed by atoms with E-state index in [0.29, 0.717) is 5.56 Å². The Balaban J connectivity index is 0.00000192. The van der Waals surface area contributed by atoms with Crippen molar-refractivity contribution in [2.24, 2.45) is 0 Å². The van der Waals surface area contributed by atoms with E-state index in [9.17, 15) is 4.79 Å². The molecule has 0 N–H and O–H groups in total. The standard InChI is InChI=1S/C19H21NO2.ClH/c21-19(17-9-5-2-6-10-17)22-18-11-13-20(14-12-18)15-16-7-3-1-4-8-16;/h1-10,18H,11-15H2;1H. The molecule has 1 heterocycles. The van der Waals surface area contributed by atoms with E-state index in [0.717, 1.165) is 32.5 Å². The molecule has 1 fully saturated rings. The second-order valence-corrected chi connectivity index (χ2v) is 5.73. The zero-order chi connectivity index (χ0) is 15.2. The number of carbonyl (C=O) groups is 1. The molecular formula is C19H22ClNO2. The number of likely N-dealkylation sites (tertiary alicyclic amines) is 1. The van der Waals surface area contributed by atoms with Crippen molar-refractivity contribution in [3.05, 3.63) is 71.8 Å². The highest BCUT2D eigenvalue weighted by molar-refractivity contribution is 5.89. The van der Waals surface area contributed by atoms with E-state index in [-0.39, 0.29) is 24.5 Å². The Bertz CT molecular complexity index is 595. The molecule has 122 valence electrons. The predicted octanol–water partition coefficient (Wildman–Crippen LogP) is 3.93. The monoisotopic (exact) mass is 331 g/mol. The number of nitrogens with zero attached hydrogens (tertiary/aromatic N) is 1. The summed E-state index contributed by atoms with van der Waals surface area (Å²) in [5.74, 6) is -0.206. The molecule has 1 saturated heterocycles. The lowest BCUT2D eigenvalue weighted by Crippen LogP contribution is -2.37. The molecule has 23 heavy (non-hydrogen) atoms. The minimum Gasteiger partial charge on any atom is -0.459 e. The van der Waals surface area contributed by atoms with Gasteiger partial charge < -0.3 is 4.74 Å². The fraction of sp³-hybridized carbons (Fsp3) is 0.316. The van der Waals surface area contributed by atoms with Crippen molar-refractivity contribution < 1.29 is 9.53 Å². The topological polar surface area (TPSA) is 29.5 Å². The summed E-state index contributed by atoms with van der Waals surface area (Å²) in [6, 6.07) is 19.7. The maximum Gasteiger partial charge on any atom is 0.338 e. The first-order valence-electron chi connectivity index (χ1n) is 7.83. The lowest BCUT2D eigenvalue weighted by molar-refractivity contribution is 0.0104. The fourth-order valence-electron chi connectivity index (χ4n) is 2.82. The van der Waals surface area contributed by atoms with Crippen molar-refractivity contribution in [1.82, 2.24) is 4.90 Å². The van der Waals surface area contributed by atoms with E-state index in [1.807, 2.05) is 24.3 Å². The van der Waals surface area contributed by atoms with E-state index in [1.165, 1.54) is 5.56 Å². The Morgan fingerprint density at radius 1 is 0.957 bits per heavy atom. The van der Waals surface area contributed by atoms with Gasteiger partial charge in [0.15, 0.2) is 0 Å². The van der Waals surface area contributed by atoms with Crippen molar-refractivity contribution in [2.75, 3.05) is 13.1 Å². The Labute approximate surface area is 143 Å². The van der Waals surface area contributed by atoms with Gasteiger partial charge in [-0.2, -0.15) is 0 Å². The van der Waals surface area contributed by atoms with Crippen LogP contribution in [-0.4, -0.2) is 30.1 Å². The van der Waals surface area contributed by atoms with E-state index in [2.05, 4.69) is 29.2 Å².